The molecule has 2 unspecified atom stereocenters. The second-order valence-corrected chi connectivity index (χ2v) is 5.40. The molecule has 0 aromatic heterocycles. The van der Waals surface area contributed by atoms with Gasteiger partial charge in [-0.3, -0.25) is 0 Å². The molecular formula is C11H21NO2S. The van der Waals surface area contributed by atoms with E-state index < -0.39 is 0 Å². The van der Waals surface area contributed by atoms with Crippen molar-refractivity contribution >= 4 is 11.8 Å². The molecule has 2 saturated heterocycles. The van der Waals surface area contributed by atoms with E-state index in [2.05, 4.69) is 12.4 Å². The van der Waals surface area contributed by atoms with Crippen LogP contribution in [0.25, 0.3) is 0 Å². The predicted molar refractivity (Wildman–Crippen MR) is 63.5 cm³/mol. The highest BCUT2D eigenvalue weighted by molar-refractivity contribution is 7.99. The molecule has 15 heavy (non-hydrogen) atoms. The minimum atomic E-state index is 0.400. The minimum Gasteiger partial charge on any atom is -0.381 e. The fourth-order valence-corrected chi connectivity index (χ4v) is 3.43. The van der Waals surface area contributed by atoms with Crippen LogP contribution in [0.4, 0.5) is 0 Å². The standard InChI is InChI=1S/C11H21NO2S/c1-12-11(9-2-4-13-5-3-9)10-8-15-7-6-14-10/h9-12H,2-8H2,1H3. The third-order valence-electron chi connectivity index (χ3n) is 3.35. The van der Waals surface area contributed by atoms with E-state index in [1.54, 1.807) is 0 Å². The summed E-state index contributed by atoms with van der Waals surface area (Å²) in [5, 5.41) is 3.45. The van der Waals surface area contributed by atoms with Gasteiger partial charge >= 0.3 is 0 Å². The molecule has 4 heteroatoms. The first-order valence-electron chi connectivity index (χ1n) is 5.86. The molecule has 0 amide bonds. The van der Waals surface area contributed by atoms with E-state index in [-0.39, 0.29) is 0 Å². The summed E-state index contributed by atoms with van der Waals surface area (Å²) in [6.07, 6.45) is 2.75. The number of hydrogen-bond donors (Lipinski definition) is 1. The summed E-state index contributed by atoms with van der Waals surface area (Å²) in [6, 6.07) is 0.515. The van der Waals surface area contributed by atoms with Crippen LogP contribution in [0, 0.1) is 5.92 Å². The second-order valence-electron chi connectivity index (χ2n) is 4.25. The Morgan fingerprint density at radius 1 is 1.27 bits per heavy atom. The summed E-state index contributed by atoms with van der Waals surface area (Å²) in [4.78, 5) is 0. The van der Waals surface area contributed by atoms with Gasteiger partial charge < -0.3 is 14.8 Å². The molecular weight excluding hydrogens is 210 g/mol. The number of ether oxygens (including phenoxy) is 2. The Kier molecular flexibility index (Phi) is 4.75. The van der Waals surface area contributed by atoms with Crippen molar-refractivity contribution in [1.82, 2.24) is 5.32 Å². The molecule has 2 rings (SSSR count). The summed E-state index contributed by atoms with van der Waals surface area (Å²) in [6.45, 7) is 2.75. The number of thioether (sulfide) groups is 1. The molecule has 2 aliphatic rings. The molecule has 0 aromatic carbocycles. The highest BCUT2D eigenvalue weighted by atomic mass is 32.2. The van der Waals surface area contributed by atoms with Crippen molar-refractivity contribution in [2.45, 2.75) is 25.0 Å². The Morgan fingerprint density at radius 2 is 2.07 bits per heavy atom. The molecule has 0 radical (unpaired) electrons. The van der Waals surface area contributed by atoms with Crippen LogP contribution < -0.4 is 5.32 Å². The Morgan fingerprint density at radius 3 is 2.67 bits per heavy atom. The van der Waals surface area contributed by atoms with E-state index in [1.807, 2.05) is 11.8 Å². The summed E-state index contributed by atoms with van der Waals surface area (Å²) in [5.74, 6) is 3.02. The van der Waals surface area contributed by atoms with E-state index >= 15 is 0 Å². The SMILES string of the molecule is CNC(C1CCOCC1)C1CSCCO1. The highest BCUT2D eigenvalue weighted by Gasteiger charge is 2.31. The Labute approximate surface area is 96.3 Å². The predicted octanol–water partition coefficient (Wildman–Crippen LogP) is 1.13. The monoisotopic (exact) mass is 231 g/mol. The maximum atomic E-state index is 5.86. The molecule has 0 aromatic rings. The highest BCUT2D eigenvalue weighted by Crippen LogP contribution is 2.25. The van der Waals surface area contributed by atoms with Gasteiger partial charge in [-0.2, -0.15) is 11.8 Å². The lowest BCUT2D eigenvalue weighted by Crippen LogP contribution is -2.49. The van der Waals surface area contributed by atoms with Crippen LogP contribution in [0.5, 0.6) is 0 Å². The van der Waals surface area contributed by atoms with Crippen molar-refractivity contribution in [3.63, 3.8) is 0 Å². The van der Waals surface area contributed by atoms with Gasteiger partial charge in [-0.15, -0.1) is 0 Å². The van der Waals surface area contributed by atoms with Gasteiger partial charge in [0.25, 0.3) is 0 Å². The third kappa shape index (κ3) is 3.09. The molecule has 2 fully saturated rings. The van der Waals surface area contributed by atoms with E-state index in [9.17, 15) is 0 Å². The van der Waals surface area contributed by atoms with Crippen molar-refractivity contribution in [2.75, 3.05) is 38.4 Å². The van der Waals surface area contributed by atoms with E-state index in [0.29, 0.717) is 12.1 Å². The lowest BCUT2D eigenvalue weighted by Gasteiger charge is -2.37. The number of rotatable bonds is 3. The van der Waals surface area contributed by atoms with Crippen molar-refractivity contribution in [2.24, 2.45) is 5.92 Å². The van der Waals surface area contributed by atoms with Crippen LogP contribution in [0.3, 0.4) is 0 Å². The average Bonchev–Trinajstić information content (AvgIpc) is 2.33. The normalized spacial score (nSPS) is 31.4. The third-order valence-corrected chi connectivity index (χ3v) is 4.37. The molecule has 1 N–H and O–H groups in total. The summed E-state index contributed by atoms with van der Waals surface area (Å²) in [7, 11) is 2.06. The minimum absolute atomic E-state index is 0.400. The van der Waals surface area contributed by atoms with Crippen LogP contribution in [0.15, 0.2) is 0 Å². The van der Waals surface area contributed by atoms with Crippen LogP contribution in [-0.4, -0.2) is 50.5 Å². The van der Waals surface area contributed by atoms with Gasteiger partial charge in [0.05, 0.1) is 12.7 Å². The summed E-state index contributed by atoms with van der Waals surface area (Å²) < 4.78 is 11.3. The molecule has 88 valence electrons. The Hall–Kier alpha value is 0.230. The molecule has 0 spiro atoms. The van der Waals surface area contributed by atoms with E-state index in [4.69, 9.17) is 9.47 Å². The lowest BCUT2D eigenvalue weighted by molar-refractivity contribution is -0.00204. The van der Waals surface area contributed by atoms with Crippen molar-refractivity contribution in [3.8, 4) is 0 Å². The number of hydrogen-bond acceptors (Lipinski definition) is 4. The van der Waals surface area contributed by atoms with Crippen molar-refractivity contribution in [3.05, 3.63) is 0 Å². The first kappa shape index (κ1) is 11.7. The maximum Gasteiger partial charge on any atom is 0.0821 e. The van der Waals surface area contributed by atoms with Crippen molar-refractivity contribution < 1.29 is 9.47 Å². The Balaban J connectivity index is 1.88. The zero-order chi connectivity index (χ0) is 10.5. The van der Waals surface area contributed by atoms with Gasteiger partial charge in [-0.25, -0.2) is 0 Å². The first-order chi connectivity index (χ1) is 7.42. The molecule has 2 atom stereocenters. The molecule has 3 nitrogen and oxygen atoms in total. The second kappa shape index (κ2) is 6.09. The number of nitrogens with one attached hydrogen (secondary N) is 1. The van der Waals surface area contributed by atoms with Gasteiger partial charge in [-0.1, -0.05) is 0 Å². The van der Waals surface area contributed by atoms with Gasteiger partial charge in [0.1, 0.15) is 0 Å². The van der Waals surface area contributed by atoms with E-state index in [0.717, 1.165) is 37.2 Å². The summed E-state index contributed by atoms with van der Waals surface area (Å²) in [5.41, 5.74) is 0. The fourth-order valence-electron chi connectivity index (χ4n) is 2.51. The zero-order valence-electron chi connectivity index (χ0n) is 9.41. The maximum absolute atomic E-state index is 5.86. The van der Waals surface area contributed by atoms with Gasteiger partial charge in [0.15, 0.2) is 0 Å². The lowest BCUT2D eigenvalue weighted by atomic mass is 9.88. The van der Waals surface area contributed by atoms with Crippen LogP contribution >= 0.6 is 11.8 Å². The molecule has 0 aliphatic carbocycles. The topological polar surface area (TPSA) is 30.5 Å². The molecule has 2 aliphatic heterocycles. The van der Waals surface area contributed by atoms with Gasteiger partial charge in [0, 0.05) is 30.8 Å². The van der Waals surface area contributed by atoms with Gasteiger partial charge in [0.2, 0.25) is 0 Å². The average molecular weight is 231 g/mol. The van der Waals surface area contributed by atoms with Crippen molar-refractivity contribution in [1.29, 1.82) is 0 Å². The number of likely N-dealkylation sites (N-methyl/N-ethyl adjacent to an activating group) is 1. The largest absolute Gasteiger partial charge is 0.381 e. The molecule has 0 bridgehead atoms. The van der Waals surface area contributed by atoms with Crippen LogP contribution in [0.1, 0.15) is 12.8 Å². The summed E-state index contributed by atoms with van der Waals surface area (Å²) >= 11 is 2.01. The first-order valence-corrected chi connectivity index (χ1v) is 7.01. The Bertz CT molecular complexity index is 161. The van der Waals surface area contributed by atoms with E-state index in [1.165, 1.54) is 12.8 Å². The van der Waals surface area contributed by atoms with Crippen LogP contribution in [0.2, 0.25) is 0 Å². The quantitative estimate of drug-likeness (QED) is 0.789. The fraction of sp³-hybridized carbons (Fsp3) is 1.00. The van der Waals surface area contributed by atoms with Crippen LogP contribution in [-0.2, 0) is 9.47 Å². The molecule has 0 saturated carbocycles. The smallest absolute Gasteiger partial charge is 0.0821 e. The molecule has 2 heterocycles. The van der Waals surface area contributed by atoms with Gasteiger partial charge in [-0.05, 0) is 25.8 Å². The zero-order valence-corrected chi connectivity index (χ0v) is 10.2.